The van der Waals surface area contributed by atoms with E-state index in [1.165, 1.54) is 27.7 Å². The van der Waals surface area contributed by atoms with Crippen LogP contribution in [-0.4, -0.2) is 4.57 Å². The van der Waals surface area contributed by atoms with Crippen LogP contribution in [0, 0.1) is 13.8 Å². The highest BCUT2D eigenvalue weighted by Gasteiger charge is 2.06. The van der Waals surface area contributed by atoms with Gasteiger partial charge >= 0.3 is 0 Å². The largest absolute Gasteiger partial charge is 0.346 e. The molecule has 1 heterocycles. The zero-order chi connectivity index (χ0) is 10.3. The van der Waals surface area contributed by atoms with Gasteiger partial charge in [-0.15, -0.1) is 0 Å². The summed E-state index contributed by atoms with van der Waals surface area (Å²) < 4.78 is 2.18. The zero-order valence-corrected chi connectivity index (χ0v) is 8.96. The molecule has 0 bridgehead atoms. The van der Waals surface area contributed by atoms with Crippen LogP contribution in [0.25, 0.3) is 10.9 Å². The summed E-state index contributed by atoms with van der Waals surface area (Å²) in [5, 5.41) is 1.32. The predicted octanol–water partition coefficient (Wildman–Crippen LogP) is 2.25. The smallest absolute Gasteiger partial charge is 0.0485 e. The van der Waals surface area contributed by atoms with Crippen molar-refractivity contribution in [3.63, 3.8) is 0 Å². The fraction of sp³-hybridized carbons (Fsp3) is 0.333. The Labute approximate surface area is 84.3 Å². The molecule has 0 radical (unpaired) electrons. The summed E-state index contributed by atoms with van der Waals surface area (Å²) in [5.41, 5.74) is 10.8. The molecule has 0 fully saturated rings. The van der Waals surface area contributed by atoms with Gasteiger partial charge in [0.05, 0.1) is 0 Å². The second kappa shape index (κ2) is 3.14. The van der Waals surface area contributed by atoms with Gasteiger partial charge in [-0.05, 0) is 37.1 Å². The van der Waals surface area contributed by atoms with E-state index >= 15 is 0 Å². The lowest BCUT2D eigenvalue weighted by Crippen LogP contribution is -2.02. The van der Waals surface area contributed by atoms with Crippen molar-refractivity contribution in [3.8, 4) is 0 Å². The summed E-state index contributed by atoms with van der Waals surface area (Å²) in [6.45, 7) is 4.88. The summed E-state index contributed by atoms with van der Waals surface area (Å²) in [7, 11) is 2.07. The Bertz CT molecular complexity index is 481. The maximum Gasteiger partial charge on any atom is 0.0485 e. The number of nitrogens with zero attached hydrogens (tertiary/aromatic N) is 1. The lowest BCUT2D eigenvalue weighted by molar-refractivity contribution is 0.849. The molecule has 0 saturated heterocycles. The van der Waals surface area contributed by atoms with E-state index in [0.717, 1.165) is 0 Å². The first-order chi connectivity index (χ1) is 6.63. The summed E-state index contributed by atoms with van der Waals surface area (Å²) in [6, 6.07) is 6.61. The molecule has 0 atom stereocenters. The van der Waals surface area contributed by atoms with Gasteiger partial charge in [0.1, 0.15) is 0 Å². The van der Waals surface area contributed by atoms with E-state index in [9.17, 15) is 0 Å². The lowest BCUT2D eigenvalue weighted by atomic mass is 10.1. The Balaban J connectivity index is 2.85. The number of rotatable bonds is 1. The van der Waals surface area contributed by atoms with Crippen molar-refractivity contribution in [1.82, 2.24) is 4.57 Å². The number of hydrogen-bond acceptors (Lipinski definition) is 1. The van der Waals surface area contributed by atoms with Gasteiger partial charge in [0.2, 0.25) is 0 Å². The fourth-order valence-electron chi connectivity index (χ4n) is 2.04. The number of hydrogen-bond donors (Lipinski definition) is 1. The number of nitrogens with two attached hydrogens (primary N) is 1. The predicted molar refractivity (Wildman–Crippen MR) is 60.3 cm³/mol. The van der Waals surface area contributed by atoms with Crippen LogP contribution in [0.15, 0.2) is 18.2 Å². The van der Waals surface area contributed by atoms with Crippen molar-refractivity contribution in [1.29, 1.82) is 0 Å². The van der Waals surface area contributed by atoms with Crippen LogP contribution in [0.4, 0.5) is 0 Å². The van der Waals surface area contributed by atoms with Crippen molar-refractivity contribution < 1.29 is 0 Å². The molecule has 2 heteroatoms. The minimum Gasteiger partial charge on any atom is -0.346 e. The molecule has 0 spiro atoms. The standard InChI is InChI=1S/C12H16N2/c1-8-4-9(2)11-6-10(7-13)14(3)12(11)5-8/h4-6H,7,13H2,1-3H3. The number of benzene rings is 1. The third-order valence-corrected chi connectivity index (χ3v) is 2.82. The van der Waals surface area contributed by atoms with E-state index in [2.05, 4.69) is 43.7 Å². The van der Waals surface area contributed by atoms with Gasteiger partial charge in [-0.3, -0.25) is 0 Å². The van der Waals surface area contributed by atoms with Crippen LogP contribution >= 0.6 is 0 Å². The Morgan fingerprint density at radius 3 is 2.57 bits per heavy atom. The van der Waals surface area contributed by atoms with Crippen molar-refractivity contribution in [2.75, 3.05) is 0 Å². The Kier molecular flexibility index (Phi) is 2.08. The average molecular weight is 188 g/mol. The molecule has 1 aromatic heterocycles. The first-order valence-electron chi connectivity index (χ1n) is 4.89. The molecule has 74 valence electrons. The molecular weight excluding hydrogens is 172 g/mol. The normalized spacial score (nSPS) is 11.1. The minimum atomic E-state index is 0.601. The maximum absolute atomic E-state index is 5.68. The molecule has 0 saturated carbocycles. The first-order valence-corrected chi connectivity index (χ1v) is 4.89. The molecule has 1 aromatic carbocycles. The monoisotopic (exact) mass is 188 g/mol. The van der Waals surface area contributed by atoms with Crippen LogP contribution in [0.3, 0.4) is 0 Å². The molecule has 2 N–H and O–H groups in total. The van der Waals surface area contributed by atoms with Gasteiger partial charge in [-0.25, -0.2) is 0 Å². The van der Waals surface area contributed by atoms with E-state index < -0.39 is 0 Å². The molecule has 0 aliphatic rings. The molecule has 2 aromatic rings. The van der Waals surface area contributed by atoms with Crippen LogP contribution in [0.5, 0.6) is 0 Å². The molecule has 0 unspecified atom stereocenters. The van der Waals surface area contributed by atoms with Crippen molar-refractivity contribution >= 4 is 10.9 Å². The highest BCUT2D eigenvalue weighted by molar-refractivity contribution is 5.85. The summed E-state index contributed by atoms with van der Waals surface area (Å²) >= 11 is 0. The van der Waals surface area contributed by atoms with Crippen LogP contribution in [0.1, 0.15) is 16.8 Å². The second-order valence-electron chi connectivity index (χ2n) is 3.91. The van der Waals surface area contributed by atoms with E-state index in [1.807, 2.05) is 0 Å². The molecular formula is C12H16N2. The zero-order valence-electron chi connectivity index (χ0n) is 8.96. The van der Waals surface area contributed by atoms with E-state index in [0.29, 0.717) is 6.54 Å². The molecule has 2 nitrogen and oxygen atoms in total. The molecule has 0 aliphatic heterocycles. The van der Waals surface area contributed by atoms with Crippen LogP contribution in [0.2, 0.25) is 0 Å². The third-order valence-electron chi connectivity index (χ3n) is 2.82. The Hall–Kier alpha value is -1.28. The van der Waals surface area contributed by atoms with Gasteiger partial charge in [0.25, 0.3) is 0 Å². The minimum absolute atomic E-state index is 0.601. The van der Waals surface area contributed by atoms with Gasteiger partial charge in [0, 0.05) is 30.2 Å². The average Bonchev–Trinajstić information content (AvgIpc) is 2.44. The number of fused-ring (bicyclic) bond motifs is 1. The lowest BCUT2D eigenvalue weighted by Gasteiger charge is -2.03. The SMILES string of the molecule is Cc1cc(C)c2cc(CN)n(C)c2c1. The fourth-order valence-corrected chi connectivity index (χ4v) is 2.04. The highest BCUT2D eigenvalue weighted by Crippen LogP contribution is 2.23. The van der Waals surface area contributed by atoms with Gasteiger partial charge in [-0.2, -0.15) is 0 Å². The molecule has 0 aliphatic carbocycles. The third kappa shape index (κ3) is 1.23. The van der Waals surface area contributed by atoms with E-state index in [-0.39, 0.29) is 0 Å². The van der Waals surface area contributed by atoms with Crippen molar-refractivity contribution in [2.24, 2.45) is 12.8 Å². The van der Waals surface area contributed by atoms with Crippen LogP contribution < -0.4 is 5.73 Å². The van der Waals surface area contributed by atoms with Crippen molar-refractivity contribution in [3.05, 3.63) is 35.0 Å². The number of aryl methyl sites for hydroxylation is 3. The van der Waals surface area contributed by atoms with Gasteiger partial charge in [0.15, 0.2) is 0 Å². The summed E-state index contributed by atoms with van der Waals surface area (Å²) in [4.78, 5) is 0. The topological polar surface area (TPSA) is 30.9 Å². The first kappa shape index (κ1) is 9.28. The maximum atomic E-state index is 5.68. The quantitative estimate of drug-likeness (QED) is 0.731. The van der Waals surface area contributed by atoms with Gasteiger partial charge < -0.3 is 10.3 Å². The Morgan fingerprint density at radius 2 is 1.93 bits per heavy atom. The summed E-state index contributed by atoms with van der Waals surface area (Å²) in [6.07, 6.45) is 0. The highest BCUT2D eigenvalue weighted by atomic mass is 15.0. The molecule has 0 amide bonds. The van der Waals surface area contributed by atoms with Gasteiger partial charge in [-0.1, -0.05) is 6.07 Å². The second-order valence-corrected chi connectivity index (χ2v) is 3.91. The summed E-state index contributed by atoms with van der Waals surface area (Å²) in [5.74, 6) is 0. The molecule has 14 heavy (non-hydrogen) atoms. The van der Waals surface area contributed by atoms with Crippen molar-refractivity contribution in [2.45, 2.75) is 20.4 Å². The Morgan fingerprint density at radius 1 is 1.21 bits per heavy atom. The van der Waals surface area contributed by atoms with E-state index in [1.54, 1.807) is 0 Å². The number of aromatic nitrogens is 1. The molecule has 2 rings (SSSR count). The van der Waals surface area contributed by atoms with E-state index in [4.69, 9.17) is 5.73 Å². The van der Waals surface area contributed by atoms with Crippen LogP contribution in [-0.2, 0) is 13.6 Å².